The molecule has 36 heavy (non-hydrogen) atoms. The van der Waals surface area contributed by atoms with E-state index in [0.717, 1.165) is 39.0 Å². The van der Waals surface area contributed by atoms with Gasteiger partial charge in [-0.2, -0.15) is 0 Å². The van der Waals surface area contributed by atoms with E-state index in [-0.39, 0.29) is 0 Å². The van der Waals surface area contributed by atoms with Gasteiger partial charge in [-0.15, -0.1) is 0 Å². The van der Waals surface area contributed by atoms with E-state index in [4.69, 9.17) is 4.99 Å². The number of hydrogen-bond donors (Lipinski definition) is 0. The minimum atomic E-state index is 0.447. The SMILES string of the molecule is Cc1ccc(CC2CN3C(=NCC3C(C)C)C=C3N(CCc4ccccc4)C(CC(C)C)CN32)cc1. The lowest BCUT2D eigenvalue weighted by molar-refractivity contribution is 0.192. The monoisotopic (exact) mass is 484 g/mol. The first-order chi connectivity index (χ1) is 17.4. The lowest BCUT2D eigenvalue weighted by Gasteiger charge is -2.35. The van der Waals surface area contributed by atoms with Crippen LogP contribution in [0.2, 0.25) is 0 Å². The second kappa shape index (κ2) is 10.7. The molecule has 192 valence electrons. The minimum Gasteiger partial charge on any atom is -0.353 e. The molecule has 3 aliphatic rings. The fraction of sp³-hybridized carbons (Fsp3) is 0.531. The molecule has 2 aromatic rings. The highest BCUT2D eigenvalue weighted by molar-refractivity contribution is 5.95. The van der Waals surface area contributed by atoms with Crippen molar-refractivity contribution in [2.75, 3.05) is 26.2 Å². The Balaban J connectivity index is 1.48. The zero-order valence-electron chi connectivity index (χ0n) is 22.9. The molecule has 0 N–H and O–H groups in total. The Morgan fingerprint density at radius 2 is 1.58 bits per heavy atom. The van der Waals surface area contributed by atoms with E-state index in [1.807, 2.05) is 0 Å². The van der Waals surface area contributed by atoms with Crippen LogP contribution in [-0.2, 0) is 12.8 Å². The summed E-state index contributed by atoms with van der Waals surface area (Å²) in [5.41, 5.74) is 4.19. The number of fused-ring (bicyclic) bond motifs is 2. The Kier molecular flexibility index (Phi) is 7.41. The van der Waals surface area contributed by atoms with Gasteiger partial charge in [-0.05, 0) is 49.1 Å². The first kappa shape index (κ1) is 24.9. The molecule has 0 spiro atoms. The molecule has 0 aromatic heterocycles. The Morgan fingerprint density at radius 3 is 2.28 bits per heavy atom. The van der Waals surface area contributed by atoms with E-state index in [1.165, 1.54) is 34.8 Å². The van der Waals surface area contributed by atoms with Crippen LogP contribution >= 0.6 is 0 Å². The highest BCUT2D eigenvalue weighted by Gasteiger charge is 2.43. The van der Waals surface area contributed by atoms with E-state index >= 15 is 0 Å². The van der Waals surface area contributed by atoms with Gasteiger partial charge in [0.05, 0.1) is 18.6 Å². The molecule has 2 aromatic carbocycles. The Bertz CT molecular complexity index is 1070. The van der Waals surface area contributed by atoms with Gasteiger partial charge in [0, 0.05) is 31.8 Å². The van der Waals surface area contributed by atoms with E-state index in [1.54, 1.807) is 0 Å². The molecule has 3 aliphatic heterocycles. The van der Waals surface area contributed by atoms with Crippen molar-refractivity contribution in [3.05, 3.63) is 83.2 Å². The van der Waals surface area contributed by atoms with Crippen LogP contribution in [0.5, 0.6) is 0 Å². The molecule has 0 saturated carbocycles. The number of aliphatic imine (C=N–C) groups is 1. The van der Waals surface area contributed by atoms with E-state index < -0.39 is 0 Å². The van der Waals surface area contributed by atoms with Crippen LogP contribution in [0.25, 0.3) is 0 Å². The second-order valence-electron chi connectivity index (χ2n) is 11.9. The molecule has 0 amide bonds. The van der Waals surface area contributed by atoms with E-state index in [2.05, 4.69) is 110 Å². The second-order valence-corrected chi connectivity index (χ2v) is 11.9. The van der Waals surface area contributed by atoms with Crippen LogP contribution in [0.3, 0.4) is 0 Å². The predicted octanol–water partition coefficient (Wildman–Crippen LogP) is 5.77. The molecule has 0 bridgehead atoms. The molecule has 1 saturated heterocycles. The number of rotatable bonds is 8. The molecule has 0 radical (unpaired) electrons. The molecule has 1 fully saturated rings. The summed E-state index contributed by atoms with van der Waals surface area (Å²) in [4.78, 5) is 13.2. The number of benzene rings is 2. The zero-order chi connectivity index (χ0) is 25.2. The van der Waals surface area contributed by atoms with Gasteiger partial charge < -0.3 is 14.7 Å². The normalized spacial score (nSPS) is 23.6. The lowest BCUT2D eigenvalue weighted by Crippen LogP contribution is -2.47. The van der Waals surface area contributed by atoms with Crippen LogP contribution in [0.15, 0.2) is 71.5 Å². The summed E-state index contributed by atoms with van der Waals surface area (Å²) in [5.74, 6) is 3.88. The molecule has 4 nitrogen and oxygen atoms in total. The zero-order valence-corrected chi connectivity index (χ0v) is 22.9. The maximum absolute atomic E-state index is 5.09. The first-order valence-electron chi connectivity index (χ1n) is 14.0. The van der Waals surface area contributed by atoms with Crippen molar-refractivity contribution in [1.82, 2.24) is 14.7 Å². The summed E-state index contributed by atoms with van der Waals surface area (Å²) in [5, 5.41) is 0. The number of hydrogen-bond acceptors (Lipinski definition) is 4. The topological polar surface area (TPSA) is 22.1 Å². The fourth-order valence-electron chi connectivity index (χ4n) is 6.30. The van der Waals surface area contributed by atoms with Crippen molar-refractivity contribution < 1.29 is 0 Å². The number of nitrogens with zero attached hydrogens (tertiary/aromatic N) is 4. The average molecular weight is 485 g/mol. The molecule has 3 atom stereocenters. The van der Waals surface area contributed by atoms with Crippen molar-refractivity contribution in [3.63, 3.8) is 0 Å². The largest absolute Gasteiger partial charge is 0.353 e. The Morgan fingerprint density at radius 1 is 0.861 bits per heavy atom. The van der Waals surface area contributed by atoms with Crippen molar-refractivity contribution in [1.29, 1.82) is 0 Å². The van der Waals surface area contributed by atoms with Gasteiger partial charge in [0.2, 0.25) is 0 Å². The molecule has 3 unspecified atom stereocenters. The highest BCUT2D eigenvalue weighted by Crippen LogP contribution is 2.35. The molecule has 0 aliphatic carbocycles. The quantitative estimate of drug-likeness (QED) is 0.475. The van der Waals surface area contributed by atoms with Crippen LogP contribution < -0.4 is 0 Å². The standard InChI is InChI=1S/C32H44N4/c1-23(2)17-28-21-35-29(18-27-13-11-25(5)12-14-27)22-36-30(24(3)4)20-33-31(36)19-32(35)34(28)16-15-26-9-7-6-8-10-26/h6-14,19,23-24,28-30H,15-18,20-22H2,1-5H3. The van der Waals surface area contributed by atoms with Gasteiger partial charge in [-0.3, -0.25) is 4.99 Å². The molecular formula is C32H44N4. The van der Waals surface area contributed by atoms with Crippen LogP contribution in [0, 0.1) is 18.8 Å². The minimum absolute atomic E-state index is 0.447. The van der Waals surface area contributed by atoms with Crippen LogP contribution in [0.1, 0.15) is 50.8 Å². The molecule has 4 heteroatoms. The van der Waals surface area contributed by atoms with Crippen molar-refractivity contribution in [2.45, 2.75) is 72.0 Å². The third-order valence-electron chi connectivity index (χ3n) is 8.27. The summed E-state index contributed by atoms with van der Waals surface area (Å²) in [6.45, 7) is 15.8. The van der Waals surface area contributed by atoms with Gasteiger partial charge in [-0.25, -0.2) is 0 Å². The average Bonchev–Trinajstić information content (AvgIpc) is 3.36. The van der Waals surface area contributed by atoms with E-state index in [9.17, 15) is 0 Å². The first-order valence-corrected chi connectivity index (χ1v) is 14.0. The third kappa shape index (κ3) is 5.33. The van der Waals surface area contributed by atoms with Crippen molar-refractivity contribution >= 4 is 5.84 Å². The van der Waals surface area contributed by atoms with Gasteiger partial charge >= 0.3 is 0 Å². The smallest absolute Gasteiger partial charge is 0.127 e. The van der Waals surface area contributed by atoms with Gasteiger partial charge in [0.25, 0.3) is 0 Å². The summed E-state index contributed by atoms with van der Waals surface area (Å²) in [6.07, 6.45) is 5.81. The molecule has 5 rings (SSSR count). The van der Waals surface area contributed by atoms with Crippen LogP contribution in [0.4, 0.5) is 0 Å². The van der Waals surface area contributed by atoms with E-state index in [0.29, 0.717) is 30.0 Å². The number of aryl methyl sites for hydroxylation is 1. The maximum atomic E-state index is 5.09. The van der Waals surface area contributed by atoms with Crippen molar-refractivity contribution in [3.8, 4) is 0 Å². The maximum Gasteiger partial charge on any atom is 0.127 e. The molecular weight excluding hydrogens is 440 g/mol. The Hall–Kier alpha value is -2.75. The van der Waals surface area contributed by atoms with Gasteiger partial charge in [-0.1, -0.05) is 87.9 Å². The number of amidine groups is 1. The van der Waals surface area contributed by atoms with Crippen molar-refractivity contribution in [2.24, 2.45) is 16.8 Å². The Labute approximate surface area is 218 Å². The summed E-state index contributed by atoms with van der Waals surface area (Å²) in [6, 6.07) is 21.7. The highest BCUT2D eigenvalue weighted by atomic mass is 15.4. The van der Waals surface area contributed by atoms with Crippen LogP contribution in [-0.4, -0.2) is 64.8 Å². The van der Waals surface area contributed by atoms with Gasteiger partial charge in [0.1, 0.15) is 11.7 Å². The van der Waals surface area contributed by atoms with Gasteiger partial charge in [0.15, 0.2) is 0 Å². The summed E-state index contributed by atoms with van der Waals surface area (Å²) >= 11 is 0. The molecule has 3 heterocycles. The third-order valence-corrected chi connectivity index (χ3v) is 8.27. The fourth-order valence-corrected chi connectivity index (χ4v) is 6.30. The summed E-state index contributed by atoms with van der Waals surface area (Å²) < 4.78 is 0. The lowest BCUT2D eigenvalue weighted by atomic mass is 9.99. The predicted molar refractivity (Wildman–Crippen MR) is 151 cm³/mol. The summed E-state index contributed by atoms with van der Waals surface area (Å²) in [7, 11) is 0.